The number of rotatable bonds is 11. The van der Waals surface area contributed by atoms with Crippen molar-refractivity contribution in [1.82, 2.24) is 9.97 Å². The van der Waals surface area contributed by atoms with Crippen LogP contribution in [0.1, 0.15) is 50.7 Å². The lowest BCUT2D eigenvalue weighted by Crippen LogP contribution is -2.12. The fourth-order valence-electron chi connectivity index (χ4n) is 3.19. The zero-order valence-electron chi connectivity index (χ0n) is 18.9. The van der Waals surface area contributed by atoms with Gasteiger partial charge in [0.2, 0.25) is 5.95 Å². The minimum atomic E-state index is -4.58. The van der Waals surface area contributed by atoms with Crippen LogP contribution >= 0.6 is 0 Å². The van der Waals surface area contributed by atoms with Crippen LogP contribution in [0.25, 0.3) is 0 Å². The van der Waals surface area contributed by atoms with Crippen molar-refractivity contribution in [1.29, 1.82) is 0 Å². The molecule has 0 spiro atoms. The maximum absolute atomic E-state index is 13.5. The van der Waals surface area contributed by atoms with Gasteiger partial charge in [-0.15, -0.1) is 0 Å². The monoisotopic (exact) mass is 458 g/mol. The Morgan fingerprint density at radius 3 is 2.15 bits per heavy atom. The lowest BCUT2D eigenvalue weighted by molar-refractivity contribution is -0.137. The SMILES string of the molecule is CCCCCCOc1ccc(Nc2ncc(C(F)(F)F)c(Nc3ccc(CC)cc3)n2)cc1. The maximum atomic E-state index is 13.5. The number of hydrogen-bond acceptors (Lipinski definition) is 5. The van der Waals surface area contributed by atoms with Crippen LogP contribution in [0, 0.1) is 0 Å². The number of aryl methyl sites for hydroxylation is 1. The molecule has 2 aromatic carbocycles. The van der Waals surface area contributed by atoms with E-state index in [1.54, 1.807) is 36.4 Å². The summed E-state index contributed by atoms with van der Waals surface area (Å²) in [6.45, 7) is 4.83. The summed E-state index contributed by atoms with van der Waals surface area (Å²) in [6, 6.07) is 14.4. The van der Waals surface area contributed by atoms with Gasteiger partial charge in [-0.05, 0) is 54.8 Å². The second-order valence-corrected chi connectivity index (χ2v) is 7.69. The number of nitrogens with one attached hydrogen (secondary N) is 2. The highest BCUT2D eigenvalue weighted by Crippen LogP contribution is 2.35. The summed E-state index contributed by atoms with van der Waals surface area (Å²) in [5.74, 6) is 0.489. The molecule has 0 radical (unpaired) electrons. The molecular formula is C25H29F3N4O. The minimum absolute atomic E-state index is 0.0592. The van der Waals surface area contributed by atoms with E-state index in [4.69, 9.17) is 4.74 Å². The first-order chi connectivity index (χ1) is 15.9. The van der Waals surface area contributed by atoms with Crippen molar-refractivity contribution in [2.24, 2.45) is 0 Å². The van der Waals surface area contributed by atoms with Gasteiger partial charge in [0.25, 0.3) is 0 Å². The second kappa shape index (κ2) is 11.5. The zero-order chi connectivity index (χ0) is 23.7. The molecule has 0 aliphatic rings. The van der Waals surface area contributed by atoms with Crippen LogP contribution in [0.5, 0.6) is 5.75 Å². The molecule has 0 saturated carbocycles. The molecule has 8 heteroatoms. The van der Waals surface area contributed by atoms with E-state index >= 15 is 0 Å². The summed E-state index contributed by atoms with van der Waals surface area (Å²) in [5, 5.41) is 5.73. The normalized spacial score (nSPS) is 11.3. The lowest BCUT2D eigenvalue weighted by atomic mass is 10.1. The van der Waals surface area contributed by atoms with Crippen molar-refractivity contribution in [3.8, 4) is 5.75 Å². The Bertz CT molecular complexity index is 1010. The predicted molar refractivity (Wildman–Crippen MR) is 125 cm³/mol. The third-order valence-electron chi connectivity index (χ3n) is 5.10. The summed E-state index contributed by atoms with van der Waals surface area (Å²) in [7, 11) is 0. The average molecular weight is 459 g/mol. The van der Waals surface area contributed by atoms with Gasteiger partial charge in [0.05, 0.1) is 6.61 Å². The molecule has 176 valence electrons. The molecule has 0 fully saturated rings. The first-order valence-corrected chi connectivity index (χ1v) is 11.2. The summed E-state index contributed by atoms with van der Waals surface area (Å²) in [6.07, 6.45) is 1.56. The van der Waals surface area contributed by atoms with Gasteiger partial charge in [-0.1, -0.05) is 45.2 Å². The molecule has 33 heavy (non-hydrogen) atoms. The van der Waals surface area contributed by atoms with E-state index in [0.717, 1.165) is 36.8 Å². The largest absolute Gasteiger partial charge is 0.494 e. The Balaban J connectivity index is 1.70. The van der Waals surface area contributed by atoms with Crippen molar-refractivity contribution in [2.75, 3.05) is 17.2 Å². The van der Waals surface area contributed by atoms with Gasteiger partial charge < -0.3 is 15.4 Å². The van der Waals surface area contributed by atoms with Crippen LogP contribution < -0.4 is 15.4 Å². The highest BCUT2D eigenvalue weighted by molar-refractivity contribution is 5.63. The van der Waals surface area contributed by atoms with Gasteiger partial charge in [0.15, 0.2) is 0 Å². The van der Waals surface area contributed by atoms with Gasteiger partial charge in [0, 0.05) is 17.6 Å². The molecule has 0 unspecified atom stereocenters. The highest BCUT2D eigenvalue weighted by atomic mass is 19.4. The van der Waals surface area contributed by atoms with Crippen molar-refractivity contribution >= 4 is 23.1 Å². The molecule has 5 nitrogen and oxygen atoms in total. The van der Waals surface area contributed by atoms with Crippen LogP contribution in [0.4, 0.5) is 36.3 Å². The summed E-state index contributed by atoms with van der Waals surface area (Å²) in [4.78, 5) is 7.95. The standard InChI is InChI=1S/C25H29F3N4O/c1-3-5-6-7-16-33-21-14-12-20(13-15-21)31-24-29-17-22(25(26,27)28)23(32-24)30-19-10-8-18(4-2)9-11-19/h8-15,17H,3-7,16H2,1-2H3,(H2,29,30,31,32). The van der Waals surface area contributed by atoms with Gasteiger partial charge in [-0.3, -0.25) is 0 Å². The quantitative estimate of drug-likeness (QED) is 0.291. The predicted octanol–water partition coefficient (Wildman–Crippen LogP) is 7.50. The molecule has 3 aromatic rings. The minimum Gasteiger partial charge on any atom is -0.494 e. The van der Waals surface area contributed by atoms with Gasteiger partial charge >= 0.3 is 6.18 Å². The fourth-order valence-corrected chi connectivity index (χ4v) is 3.19. The molecular weight excluding hydrogens is 429 g/mol. The number of unbranched alkanes of at least 4 members (excludes halogenated alkanes) is 3. The van der Waals surface area contributed by atoms with Crippen LogP contribution in [-0.4, -0.2) is 16.6 Å². The van der Waals surface area contributed by atoms with E-state index in [0.29, 0.717) is 18.0 Å². The third-order valence-corrected chi connectivity index (χ3v) is 5.10. The third kappa shape index (κ3) is 7.37. The summed E-state index contributed by atoms with van der Waals surface area (Å²) >= 11 is 0. The van der Waals surface area contributed by atoms with E-state index in [-0.39, 0.29) is 11.8 Å². The molecule has 2 N–H and O–H groups in total. The Morgan fingerprint density at radius 1 is 0.848 bits per heavy atom. The average Bonchev–Trinajstić information content (AvgIpc) is 2.80. The molecule has 0 saturated heterocycles. The second-order valence-electron chi connectivity index (χ2n) is 7.69. The van der Waals surface area contributed by atoms with Gasteiger partial charge in [-0.2, -0.15) is 18.2 Å². The van der Waals surface area contributed by atoms with Crippen LogP contribution in [0.15, 0.2) is 54.7 Å². The van der Waals surface area contributed by atoms with E-state index < -0.39 is 11.7 Å². The van der Waals surface area contributed by atoms with Crippen LogP contribution in [0.2, 0.25) is 0 Å². The Morgan fingerprint density at radius 2 is 1.52 bits per heavy atom. The molecule has 0 atom stereocenters. The van der Waals surface area contributed by atoms with Crippen molar-refractivity contribution in [3.05, 3.63) is 65.9 Å². The van der Waals surface area contributed by atoms with Crippen molar-refractivity contribution in [2.45, 2.75) is 52.1 Å². The smallest absolute Gasteiger partial charge is 0.421 e. The molecule has 1 heterocycles. The Labute approximate surface area is 192 Å². The summed E-state index contributed by atoms with van der Waals surface area (Å²) < 4.78 is 46.2. The first kappa shape index (κ1) is 24.4. The Kier molecular flexibility index (Phi) is 8.52. The number of nitrogens with zero attached hydrogens (tertiary/aromatic N) is 2. The van der Waals surface area contributed by atoms with Crippen LogP contribution in [0.3, 0.4) is 0 Å². The number of hydrogen-bond donors (Lipinski definition) is 2. The van der Waals surface area contributed by atoms with Crippen LogP contribution in [-0.2, 0) is 12.6 Å². The summed E-state index contributed by atoms with van der Waals surface area (Å²) in [5.41, 5.74) is 1.32. The molecule has 1 aromatic heterocycles. The number of ether oxygens (including phenoxy) is 1. The number of aromatic nitrogens is 2. The molecule has 3 rings (SSSR count). The number of anilines is 4. The molecule has 0 aliphatic carbocycles. The highest BCUT2D eigenvalue weighted by Gasteiger charge is 2.35. The van der Waals surface area contributed by atoms with Gasteiger partial charge in [-0.25, -0.2) is 4.98 Å². The van der Waals surface area contributed by atoms with Crippen molar-refractivity contribution < 1.29 is 17.9 Å². The Hall–Kier alpha value is -3.29. The topological polar surface area (TPSA) is 59.1 Å². The molecule has 0 amide bonds. The van der Waals surface area contributed by atoms with E-state index in [9.17, 15) is 13.2 Å². The van der Waals surface area contributed by atoms with E-state index in [1.807, 2.05) is 19.1 Å². The molecule has 0 aliphatic heterocycles. The van der Waals surface area contributed by atoms with Crippen molar-refractivity contribution in [3.63, 3.8) is 0 Å². The molecule has 0 bridgehead atoms. The number of halogens is 3. The van der Waals surface area contributed by atoms with Gasteiger partial charge in [0.1, 0.15) is 17.1 Å². The van der Waals surface area contributed by atoms with E-state index in [1.165, 1.54) is 12.8 Å². The zero-order valence-corrected chi connectivity index (χ0v) is 18.9. The van der Waals surface area contributed by atoms with E-state index in [2.05, 4.69) is 27.5 Å². The fraction of sp³-hybridized carbons (Fsp3) is 0.360. The maximum Gasteiger partial charge on any atom is 0.421 e. The first-order valence-electron chi connectivity index (χ1n) is 11.2. The number of alkyl halides is 3. The number of benzene rings is 2. The lowest BCUT2D eigenvalue weighted by Gasteiger charge is -2.15.